The van der Waals surface area contributed by atoms with E-state index in [1.165, 1.54) is 5.56 Å². The summed E-state index contributed by atoms with van der Waals surface area (Å²) in [6.07, 6.45) is 0. The van der Waals surface area contributed by atoms with Crippen LogP contribution in [0.15, 0.2) is 18.2 Å². The van der Waals surface area contributed by atoms with Gasteiger partial charge in [0.05, 0.1) is 5.60 Å². The molecule has 0 spiro atoms. The molecule has 20 heavy (non-hydrogen) atoms. The Balaban J connectivity index is 2.95. The first-order valence-electron chi connectivity index (χ1n) is 6.95. The number of nitrogens with one attached hydrogen (secondary N) is 1. The van der Waals surface area contributed by atoms with E-state index in [9.17, 15) is 5.11 Å². The highest BCUT2D eigenvalue weighted by Gasteiger charge is 2.18. The molecule has 0 radical (unpaired) electrons. The zero-order chi connectivity index (χ0) is 15.6. The topological polar surface area (TPSA) is 35.5 Å². The predicted molar refractivity (Wildman–Crippen MR) is 87.6 cm³/mol. The summed E-state index contributed by atoms with van der Waals surface area (Å²) in [5, 5.41) is 14.2. The van der Waals surface area contributed by atoms with E-state index < -0.39 is 5.60 Å². The number of aliphatic hydroxyl groups is 1. The van der Waals surface area contributed by atoms with Crippen LogP contribution in [0.5, 0.6) is 0 Å². The number of hydrogen-bond donors (Lipinski definition) is 2. The van der Waals surface area contributed by atoms with Crippen LogP contribution in [0.1, 0.15) is 40.2 Å². The van der Waals surface area contributed by atoms with Gasteiger partial charge in [0, 0.05) is 36.4 Å². The van der Waals surface area contributed by atoms with Crippen molar-refractivity contribution in [3.63, 3.8) is 0 Å². The first-order valence-corrected chi connectivity index (χ1v) is 7.33. The van der Waals surface area contributed by atoms with Crippen LogP contribution in [-0.4, -0.2) is 29.8 Å². The molecule has 0 saturated heterocycles. The number of likely N-dealkylation sites (N-methyl/N-ethyl adjacent to an activating group) is 1. The summed E-state index contributed by atoms with van der Waals surface area (Å²) in [6, 6.07) is 5.90. The number of benzene rings is 1. The van der Waals surface area contributed by atoms with Crippen molar-refractivity contribution >= 4 is 17.3 Å². The first-order chi connectivity index (χ1) is 8.98. The summed E-state index contributed by atoms with van der Waals surface area (Å²) in [7, 11) is 1.98. The predicted octanol–water partition coefficient (Wildman–Crippen LogP) is 3.44. The van der Waals surface area contributed by atoms with Gasteiger partial charge in [0.25, 0.3) is 0 Å². The second-order valence-corrected chi connectivity index (χ2v) is 7.48. The third-order valence-corrected chi connectivity index (χ3v) is 3.13. The molecule has 0 amide bonds. The van der Waals surface area contributed by atoms with E-state index in [0.29, 0.717) is 11.6 Å². The van der Waals surface area contributed by atoms with E-state index in [0.717, 1.165) is 12.2 Å². The summed E-state index contributed by atoms with van der Waals surface area (Å²) in [4.78, 5) is 2.05. The summed E-state index contributed by atoms with van der Waals surface area (Å²) in [5.41, 5.74) is 1.55. The number of hydrogen-bond acceptors (Lipinski definition) is 3. The maximum atomic E-state index is 9.98. The molecule has 0 atom stereocenters. The van der Waals surface area contributed by atoms with Crippen LogP contribution < -0.4 is 10.2 Å². The molecular weight excluding hydrogens is 272 g/mol. The van der Waals surface area contributed by atoms with Crippen molar-refractivity contribution in [2.24, 2.45) is 0 Å². The minimum atomic E-state index is -0.744. The van der Waals surface area contributed by atoms with E-state index in [2.05, 4.69) is 26.1 Å². The summed E-state index contributed by atoms with van der Waals surface area (Å²) < 4.78 is 0. The average Bonchev–Trinajstić information content (AvgIpc) is 2.23. The third kappa shape index (κ3) is 6.12. The molecule has 1 aromatic rings. The Morgan fingerprint density at radius 3 is 2.30 bits per heavy atom. The van der Waals surface area contributed by atoms with Crippen LogP contribution in [0.2, 0.25) is 5.02 Å². The monoisotopic (exact) mass is 298 g/mol. The molecule has 0 aromatic heterocycles. The molecule has 0 bridgehead atoms. The molecule has 3 nitrogen and oxygen atoms in total. The Morgan fingerprint density at radius 1 is 1.20 bits per heavy atom. The highest BCUT2D eigenvalue weighted by atomic mass is 35.5. The van der Waals surface area contributed by atoms with Gasteiger partial charge in [-0.3, -0.25) is 0 Å². The van der Waals surface area contributed by atoms with Gasteiger partial charge in [-0.1, -0.05) is 17.7 Å². The molecular formula is C16H27ClN2O. The number of anilines is 1. The van der Waals surface area contributed by atoms with Gasteiger partial charge in [0.2, 0.25) is 0 Å². The van der Waals surface area contributed by atoms with E-state index in [4.69, 9.17) is 11.6 Å². The van der Waals surface area contributed by atoms with Crippen LogP contribution in [0.3, 0.4) is 0 Å². The van der Waals surface area contributed by atoms with Gasteiger partial charge < -0.3 is 15.3 Å². The molecule has 0 aliphatic carbocycles. The van der Waals surface area contributed by atoms with Gasteiger partial charge in [-0.25, -0.2) is 0 Å². The van der Waals surface area contributed by atoms with Crippen molar-refractivity contribution in [1.29, 1.82) is 0 Å². The quantitative estimate of drug-likeness (QED) is 0.874. The summed E-state index contributed by atoms with van der Waals surface area (Å²) in [6.45, 7) is 11.4. The lowest BCUT2D eigenvalue weighted by Crippen LogP contribution is -2.38. The van der Waals surface area contributed by atoms with Crippen molar-refractivity contribution in [2.75, 3.05) is 18.5 Å². The maximum Gasteiger partial charge on any atom is 0.0765 e. The lowest BCUT2D eigenvalue weighted by atomic mass is 10.1. The Labute approximate surface area is 127 Å². The molecule has 0 saturated carbocycles. The Bertz CT molecular complexity index is 447. The van der Waals surface area contributed by atoms with Crippen LogP contribution in [0.4, 0.5) is 5.69 Å². The largest absolute Gasteiger partial charge is 0.389 e. The normalized spacial score (nSPS) is 12.6. The fourth-order valence-electron chi connectivity index (χ4n) is 2.07. The average molecular weight is 299 g/mol. The van der Waals surface area contributed by atoms with Gasteiger partial charge in [0.15, 0.2) is 0 Å². The standard InChI is InChI=1S/C16H27ClN2O/c1-15(2,3)18-10-12-7-8-13(17)9-14(12)19(6)11-16(4,5)20/h7-9,18,20H,10-11H2,1-6H3. The van der Waals surface area contributed by atoms with E-state index >= 15 is 0 Å². The fraction of sp³-hybridized carbons (Fsp3) is 0.625. The van der Waals surface area contributed by atoms with Crippen molar-refractivity contribution in [3.05, 3.63) is 28.8 Å². The first kappa shape index (κ1) is 17.3. The highest BCUT2D eigenvalue weighted by molar-refractivity contribution is 6.30. The van der Waals surface area contributed by atoms with Gasteiger partial charge >= 0.3 is 0 Å². The minimum absolute atomic E-state index is 0.0612. The lowest BCUT2D eigenvalue weighted by molar-refractivity contribution is 0.0886. The molecule has 1 rings (SSSR count). The smallest absolute Gasteiger partial charge is 0.0765 e. The molecule has 2 N–H and O–H groups in total. The molecule has 1 aromatic carbocycles. The van der Waals surface area contributed by atoms with E-state index in [-0.39, 0.29) is 5.54 Å². The minimum Gasteiger partial charge on any atom is -0.389 e. The van der Waals surface area contributed by atoms with E-state index in [1.54, 1.807) is 13.8 Å². The zero-order valence-corrected chi connectivity index (χ0v) is 14.2. The number of halogens is 1. The second kappa shape index (κ2) is 6.33. The highest BCUT2D eigenvalue weighted by Crippen LogP contribution is 2.25. The lowest BCUT2D eigenvalue weighted by Gasteiger charge is -2.30. The number of rotatable bonds is 5. The molecule has 0 unspecified atom stereocenters. The maximum absolute atomic E-state index is 9.98. The molecule has 0 aliphatic rings. The summed E-state index contributed by atoms with van der Waals surface area (Å²) >= 11 is 6.11. The van der Waals surface area contributed by atoms with Gasteiger partial charge in [-0.15, -0.1) is 0 Å². The van der Waals surface area contributed by atoms with Crippen LogP contribution >= 0.6 is 11.6 Å². The van der Waals surface area contributed by atoms with Crippen LogP contribution in [0.25, 0.3) is 0 Å². The molecule has 114 valence electrons. The Morgan fingerprint density at radius 2 is 1.80 bits per heavy atom. The third-order valence-electron chi connectivity index (χ3n) is 2.89. The van der Waals surface area contributed by atoms with Crippen molar-refractivity contribution in [1.82, 2.24) is 5.32 Å². The fourth-order valence-corrected chi connectivity index (χ4v) is 2.23. The van der Waals surface area contributed by atoms with Gasteiger partial charge in [0.1, 0.15) is 0 Å². The van der Waals surface area contributed by atoms with Crippen LogP contribution in [0, 0.1) is 0 Å². The second-order valence-electron chi connectivity index (χ2n) is 7.05. The van der Waals surface area contributed by atoms with Crippen LogP contribution in [-0.2, 0) is 6.54 Å². The SMILES string of the molecule is CN(CC(C)(C)O)c1cc(Cl)ccc1CNC(C)(C)C. The van der Waals surface area contributed by atoms with Crippen molar-refractivity contribution in [2.45, 2.75) is 52.3 Å². The Hall–Kier alpha value is -0.770. The summed E-state index contributed by atoms with van der Waals surface area (Å²) in [5.74, 6) is 0. The Kier molecular flexibility index (Phi) is 5.47. The van der Waals surface area contributed by atoms with Gasteiger partial charge in [-0.2, -0.15) is 0 Å². The van der Waals surface area contributed by atoms with Gasteiger partial charge in [-0.05, 0) is 52.3 Å². The molecule has 0 aliphatic heterocycles. The zero-order valence-electron chi connectivity index (χ0n) is 13.4. The molecule has 4 heteroatoms. The van der Waals surface area contributed by atoms with Crippen molar-refractivity contribution < 1.29 is 5.11 Å². The van der Waals surface area contributed by atoms with Crippen molar-refractivity contribution in [3.8, 4) is 0 Å². The molecule has 0 fully saturated rings. The van der Waals surface area contributed by atoms with E-state index in [1.807, 2.05) is 30.1 Å². The number of nitrogens with zero attached hydrogens (tertiary/aromatic N) is 1. The molecule has 0 heterocycles.